The van der Waals surface area contributed by atoms with Gasteiger partial charge in [-0.2, -0.15) is 9.40 Å². The van der Waals surface area contributed by atoms with E-state index >= 15 is 0 Å². The predicted molar refractivity (Wildman–Crippen MR) is 98.1 cm³/mol. The first-order valence-electron chi connectivity index (χ1n) is 8.57. The van der Waals surface area contributed by atoms with Crippen LogP contribution in [-0.4, -0.2) is 42.0 Å². The molecule has 3 rings (SSSR count). The van der Waals surface area contributed by atoms with E-state index in [9.17, 15) is 13.2 Å². The molecule has 2 amide bonds. The number of benzene rings is 1. The lowest BCUT2D eigenvalue weighted by Crippen LogP contribution is -2.35. The molecule has 0 bridgehead atoms. The van der Waals surface area contributed by atoms with Gasteiger partial charge in [-0.1, -0.05) is 12.8 Å². The number of aromatic amines is 1. The minimum atomic E-state index is -3.51. The molecule has 140 valence electrons. The van der Waals surface area contributed by atoms with Crippen LogP contribution < -0.4 is 10.6 Å². The van der Waals surface area contributed by atoms with Crippen molar-refractivity contribution in [3.05, 3.63) is 42.2 Å². The number of carbonyl (C=O) groups excluding carboxylic acids is 1. The molecule has 1 aromatic carbocycles. The van der Waals surface area contributed by atoms with Gasteiger partial charge >= 0.3 is 6.03 Å². The Kier molecular flexibility index (Phi) is 5.58. The van der Waals surface area contributed by atoms with Crippen LogP contribution >= 0.6 is 0 Å². The molecule has 0 atom stereocenters. The summed E-state index contributed by atoms with van der Waals surface area (Å²) in [6.45, 7) is 0.348. The Morgan fingerprint density at radius 1 is 1.27 bits per heavy atom. The minimum Gasteiger partial charge on any atom is -0.334 e. The Bertz CT molecular complexity index is 828. The van der Waals surface area contributed by atoms with Crippen LogP contribution in [-0.2, 0) is 16.6 Å². The Labute approximate surface area is 153 Å². The van der Waals surface area contributed by atoms with Crippen molar-refractivity contribution in [1.29, 1.82) is 0 Å². The molecule has 1 aliphatic carbocycles. The number of sulfonamides is 1. The molecule has 1 aliphatic rings. The van der Waals surface area contributed by atoms with Crippen molar-refractivity contribution < 1.29 is 13.2 Å². The number of amides is 2. The molecule has 0 spiro atoms. The number of nitrogens with zero attached hydrogens (tertiary/aromatic N) is 2. The average Bonchev–Trinajstić information content (AvgIpc) is 3.33. The minimum absolute atomic E-state index is 0.0755. The van der Waals surface area contributed by atoms with Gasteiger partial charge in [0.15, 0.2) is 0 Å². The largest absolute Gasteiger partial charge is 0.334 e. The zero-order valence-corrected chi connectivity index (χ0v) is 15.4. The monoisotopic (exact) mass is 377 g/mol. The van der Waals surface area contributed by atoms with Crippen molar-refractivity contribution >= 4 is 21.7 Å². The van der Waals surface area contributed by atoms with Crippen LogP contribution in [0.15, 0.2) is 41.6 Å². The lowest BCUT2D eigenvalue weighted by atomic mass is 10.3. The molecule has 2 aromatic rings. The van der Waals surface area contributed by atoms with E-state index in [0.29, 0.717) is 12.2 Å². The predicted octanol–water partition coefficient (Wildman–Crippen LogP) is 2.29. The van der Waals surface area contributed by atoms with Crippen molar-refractivity contribution in [1.82, 2.24) is 19.8 Å². The lowest BCUT2D eigenvalue weighted by Gasteiger charge is -2.23. The molecule has 3 N–H and O–H groups in total. The van der Waals surface area contributed by atoms with Gasteiger partial charge in [-0.15, -0.1) is 0 Å². The summed E-state index contributed by atoms with van der Waals surface area (Å²) in [6.07, 6.45) is 7.28. The van der Waals surface area contributed by atoms with Gasteiger partial charge in [-0.25, -0.2) is 13.2 Å². The molecule has 9 heteroatoms. The quantitative estimate of drug-likeness (QED) is 0.718. The summed E-state index contributed by atoms with van der Waals surface area (Å²) in [6, 6.07) is 5.93. The van der Waals surface area contributed by atoms with E-state index in [0.717, 1.165) is 31.2 Å². The Hall–Kier alpha value is -2.39. The molecule has 1 aromatic heterocycles. The molecule has 0 saturated heterocycles. The van der Waals surface area contributed by atoms with Crippen LogP contribution in [0.2, 0.25) is 0 Å². The first-order valence-corrected chi connectivity index (χ1v) is 10.0. The van der Waals surface area contributed by atoms with Crippen molar-refractivity contribution in [2.75, 3.05) is 12.4 Å². The third-order valence-corrected chi connectivity index (χ3v) is 6.56. The van der Waals surface area contributed by atoms with E-state index < -0.39 is 10.0 Å². The maximum absolute atomic E-state index is 12.7. The van der Waals surface area contributed by atoms with Gasteiger partial charge in [0.05, 0.1) is 11.1 Å². The molecule has 0 unspecified atom stereocenters. The normalized spacial score (nSPS) is 15.3. The van der Waals surface area contributed by atoms with Crippen molar-refractivity contribution in [2.24, 2.45) is 0 Å². The first kappa shape index (κ1) is 18.4. The van der Waals surface area contributed by atoms with Crippen molar-refractivity contribution in [2.45, 2.75) is 43.2 Å². The van der Waals surface area contributed by atoms with Gasteiger partial charge in [0.1, 0.15) is 0 Å². The molecule has 0 aliphatic heterocycles. The number of hydrogen-bond donors (Lipinski definition) is 3. The zero-order chi connectivity index (χ0) is 18.6. The summed E-state index contributed by atoms with van der Waals surface area (Å²) in [5.41, 5.74) is 1.38. The molecular formula is C17H23N5O3S. The van der Waals surface area contributed by atoms with Gasteiger partial charge in [0.2, 0.25) is 10.0 Å². The van der Waals surface area contributed by atoms with Crippen molar-refractivity contribution in [3.63, 3.8) is 0 Å². The summed E-state index contributed by atoms with van der Waals surface area (Å²) in [7, 11) is -1.87. The van der Waals surface area contributed by atoms with Crippen molar-refractivity contribution in [3.8, 4) is 0 Å². The number of rotatable bonds is 6. The molecule has 1 heterocycles. The van der Waals surface area contributed by atoms with Crippen LogP contribution in [0.1, 0.15) is 31.2 Å². The fourth-order valence-corrected chi connectivity index (χ4v) is 4.49. The number of anilines is 1. The second kappa shape index (κ2) is 7.88. The third-order valence-electron chi connectivity index (χ3n) is 4.64. The second-order valence-corrected chi connectivity index (χ2v) is 8.40. The highest BCUT2D eigenvalue weighted by molar-refractivity contribution is 7.89. The zero-order valence-electron chi connectivity index (χ0n) is 14.6. The first-order chi connectivity index (χ1) is 12.5. The van der Waals surface area contributed by atoms with Crippen LogP contribution in [0.5, 0.6) is 0 Å². The highest BCUT2D eigenvalue weighted by Gasteiger charge is 2.29. The summed E-state index contributed by atoms with van der Waals surface area (Å²) in [5.74, 6) is 0. The highest BCUT2D eigenvalue weighted by atomic mass is 32.2. The number of urea groups is 1. The molecule has 1 saturated carbocycles. The maximum Gasteiger partial charge on any atom is 0.319 e. The number of H-pyrrole nitrogens is 1. The van der Waals surface area contributed by atoms with Crippen LogP contribution in [0.25, 0.3) is 0 Å². The summed E-state index contributed by atoms with van der Waals surface area (Å²) >= 11 is 0. The van der Waals surface area contributed by atoms with Gasteiger partial charge < -0.3 is 10.6 Å². The fourth-order valence-electron chi connectivity index (χ4n) is 3.07. The SMILES string of the molecule is CN(C1CCCC1)S(=O)(=O)c1ccc(NC(=O)NCc2cn[nH]c2)cc1. The van der Waals surface area contributed by atoms with E-state index in [-0.39, 0.29) is 17.0 Å². The van der Waals surface area contributed by atoms with E-state index in [1.54, 1.807) is 31.6 Å². The van der Waals surface area contributed by atoms with Crippen LogP contribution in [0, 0.1) is 0 Å². The van der Waals surface area contributed by atoms with Gasteiger partial charge in [-0.05, 0) is 37.1 Å². The molecule has 26 heavy (non-hydrogen) atoms. The Morgan fingerprint density at radius 2 is 1.96 bits per heavy atom. The summed E-state index contributed by atoms with van der Waals surface area (Å²) in [5, 5.41) is 11.8. The van der Waals surface area contributed by atoms with E-state index in [4.69, 9.17) is 0 Å². The van der Waals surface area contributed by atoms with Crippen LogP contribution in [0.3, 0.4) is 0 Å². The Balaban J connectivity index is 1.59. The number of carbonyl (C=O) groups is 1. The van der Waals surface area contributed by atoms with E-state index in [2.05, 4.69) is 20.8 Å². The standard InChI is InChI=1S/C17H23N5O3S/c1-22(15-4-2-3-5-15)26(24,25)16-8-6-14(7-9-16)21-17(23)18-10-13-11-19-20-12-13/h6-9,11-12,15H,2-5,10H2,1H3,(H,19,20)(H2,18,21,23). The number of hydrogen-bond acceptors (Lipinski definition) is 4. The molecule has 0 radical (unpaired) electrons. The topological polar surface area (TPSA) is 107 Å². The number of aromatic nitrogens is 2. The average molecular weight is 377 g/mol. The molecular weight excluding hydrogens is 354 g/mol. The highest BCUT2D eigenvalue weighted by Crippen LogP contribution is 2.27. The van der Waals surface area contributed by atoms with E-state index in [1.807, 2.05) is 0 Å². The van der Waals surface area contributed by atoms with Crippen LogP contribution in [0.4, 0.5) is 10.5 Å². The molecule has 1 fully saturated rings. The Morgan fingerprint density at radius 3 is 2.58 bits per heavy atom. The summed E-state index contributed by atoms with van der Waals surface area (Å²) < 4.78 is 26.9. The second-order valence-electron chi connectivity index (χ2n) is 6.40. The van der Waals surface area contributed by atoms with E-state index in [1.165, 1.54) is 16.4 Å². The molecule has 8 nitrogen and oxygen atoms in total. The summed E-state index contributed by atoms with van der Waals surface area (Å²) in [4.78, 5) is 12.1. The van der Waals surface area contributed by atoms with Gasteiger partial charge in [0.25, 0.3) is 0 Å². The van der Waals surface area contributed by atoms with Gasteiger partial charge in [0, 0.05) is 37.1 Å². The lowest BCUT2D eigenvalue weighted by molar-refractivity contribution is 0.251. The smallest absolute Gasteiger partial charge is 0.319 e. The third kappa shape index (κ3) is 4.23. The van der Waals surface area contributed by atoms with Gasteiger partial charge in [-0.3, -0.25) is 5.10 Å². The number of nitrogens with one attached hydrogen (secondary N) is 3. The maximum atomic E-state index is 12.7. The fraction of sp³-hybridized carbons (Fsp3) is 0.412.